The molecule has 0 bridgehead atoms. The van der Waals surface area contributed by atoms with Gasteiger partial charge in [0.1, 0.15) is 6.17 Å². The Morgan fingerprint density at radius 3 is 1.79 bits per heavy atom. The van der Waals surface area contributed by atoms with E-state index < -0.39 is 0 Å². The second-order valence-electron chi connectivity index (χ2n) is 9.49. The molecule has 0 saturated heterocycles. The summed E-state index contributed by atoms with van der Waals surface area (Å²) in [6.45, 7) is 6.73. The molecular weight excluding hydrogens is 402 g/mol. The van der Waals surface area contributed by atoms with E-state index in [4.69, 9.17) is 5.10 Å². The largest absolute Gasteiger partial charge is 0.298 e. The number of amidine groups is 1. The van der Waals surface area contributed by atoms with Crippen molar-refractivity contribution >= 4 is 11.5 Å². The standard InChI is InChI=1S/C30H29N3/c1-30(2,3)26-20-18-25(19-21-26)29-32-31-28(33(29)27-12-8-5-9-13-27)24-16-14-23(15-17-24)22-10-6-4-7-11-22/h4-21,29,32H,1-3H3. The highest BCUT2D eigenvalue weighted by atomic mass is 15.5. The van der Waals surface area contributed by atoms with Gasteiger partial charge in [0.25, 0.3) is 0 Å². The molecule has 4 aromatic rings. The van der Waals surface area contributed by atoms with Crippen LogP contribution in [0.25, 0.3) is 11.1 Å². The van der Waals surface area contributed by atoms with E-state index in [-0.39, 0.29) is 11.6 Å². The highest BCUT2D eigenvalue weighted by Crippen LogP contribution is 2.33. The summed E-state index contributed by atoms with van der Waals surface area (Å²) in [6, 6.07) is 38.5. The van der Waals surface area contributed by atoms with Gasteiger partial charge in [-0.25, -0.2) is 0 Å². The number of hydrogen-bond donors (Lipinski definition) is 1. The van der Waals surface area contributed by atoms with Crippen molar-refractivity contribution in [2.24, 2.45) is 5.10 Å². The van der Waals surface area contributed by atoms with Gasteiger partial charge in [-0.3, -0.25) is 10.3 Å². The Labute approximate surface area is 196 Å². The van der Waals surface area contributed by atoms with Crippen LogP contribution in [0.2, 0.25) is 0 Å². The highest BCUT2D eigenvalue weighted by Gasteiger charge is 2.31. The van der Waals surface area contributed by atoms with Crippen LogP contribution in [0.5, 0.6) is 0 Å². The molecule has 33 heavy (non-hydrogen) atoms. The van der Waals surface area contributed by atoms with Crippen molar-refractivity contribution in [2.75, 3.05) is 4.90 Å². The van der Waals surface area contributed by atoms with Crippen LogP contribution < -0.4 is 10.3 Å². The lowest BCUT2D eigenvalue weighted by atomic mass is 9.86. The Morgan fingerprint density at radius 1 is 0.636 bits per heavy atom. The maximum Gasteiger partial charge on any atom is 0.162 e. The number of benzene rings is 4. The van der Waals surface area contributed by atoms with Crippen molar-refractivity contribution in [2.45, 2.75) is 32.4 Å². The fourth-order valence-corrected chi connectivity index (χ4v) is 4.25. The molecule has 0 aromatic heterocycles. The van der Waals surface area contributed by atoms with Crippen molar-refractivity contribution in [1.82, 2.24) is 5.43 Å². The molecule has 0 aliphatic carbocycles. The summed E-state index contributed by atoms with van der Waals surface area (Å²) in [5.41, 5.74) is 10.6. The SMILES string of the molecule is CC(C)(C)c1ccc(C2NN=C(c3ccc(-c4ccccc4)cc3)N2c2ccccc2)cc1. The minimum atomic E-state index is -0.0646. The Kier molecular flexibility index (Phi) is 5.47. The summed E-state index contributed by atoms with van der Waals surface area (Å²) < 4.78 is 0. The molecular formula is C30H29N3. The van der Waals surface area contributed by atoms with Crippen molar-refractivity contribution in [3.63, 3.8) is 0 Å². The molecule has 4 aromatic carbocycles. The van der Waals surface area contributed by atoms with Gasteiger partial charge in [0.2, 0.25) is 0 Å². The lowest BCUT2D eigenvalue weighted by Gasteiger charge is -2.28. The lowest BCUT2D eigenvalue weighted by Crippen LogP contribution is -2.34. The van der Waals surface area contributed by atoms with Crippen molar-refractivity contribution in [3.05, 3.63) is 126 Å². The van der Waals surface area contributed by atoms with Crippen LogP contribution in [-0.2, 0) is 5.41 Å². The normalized spacial score (nSPS) is 15.8. The molecule has 0 saturated carbocycles. The molecule has 1 heterocycles. The zero-order valence-corrected chi connectivity index (χ0v) is 19.4. The van der Waals surface area contributed by atoms with Crippen molar-refractivity contribution in [3.8, 4) is 11.1 Å². The first-order chi connectivity index (χ1) is 16.0. The first-order valence-electron chi connectivity index (χ1n) is 11.4. The third-order valence-corrected chi connectivity index (χ3v) is 6.16. The number of nitrogens with one attached hydrogen (secondary N) is 1. The Morgan fingerprint density at radius 2 is 1.18 bits per heavy atom. The summed E-state index contributed by atoms with van der Waals surface area (Å²) in [6.07, 6.45) is -0.0646. The minimum absolute atomic E-state index is 0.0646. The van der Waals surface area contributed by atoms with Gasteiger partial charge >= 0.3 is 0 Å². The second kappa shape index (κ2) is 8.59. The summed E-state index contributed by atoms with van der Waals surface area (Å²) >= 11 is 0. The first-order valence-corrected chi connectivity index (χ1v) is 11.4. The third kappa shape index (κ3) is 4.27. The molecule has 0 radical (unpaired) electrons. The van der Waals surface area contributed by atoms with Gasteiger partial charge < -0.3 is 0 Å². The third-order valence-electron chi connectivity index (χ3n) is 6.16. The van der Waals surface area contributed by atoms with Crippen LogP contribution in [-0.4, -0.2) is 5.84 Å². The number of anilines is 1. The van der Waals surface area contributed by atoms with Gasteiger partial charge in [0, 0.05) is 11.3 Å². The molecule has 1 unspecified atom stereocenters. The van der Waals surface area contributed by atoms with Gasteiger partial charge in [-0.2, -0.15) is 5.10 Å². The Balaban J connectivity index is 1.49. The van der Waals surface area contributed by atoms with E-state index in [0.717, 1.165) is 17.1 Å². The molecule has 5 rings (SSSR count). The van der Waals surface area contributed by atoms with Gasteiger partial charge in [-0.15, -0.1) is 0 Å². The van der Waals surface area contributed by atoms with Gasteiger partial charge in [-0.05, 0) is 39.8 Å². The number of hydrogen-bond acceptors (Lipinski definition) is 3. The smallest absolute Gasteiger partial charge is 0.162 e. The monoisotopic (exact) mass is 431 g/mol. The molecule has 164 valence electrons. The maximum atomic E-state index is 4.79. The summed E-state index contributed by atoms with van der Waals surface area (Å²) in [5, 5.41) is 4.79. The van der Waals surface area contributed by atoms with E-state index in [1.54, 1.807) is 0 Å². The number of para-hydroxylation sites is 1. The lowest BCUT2D eigenvalue weighted by molar-refractivity contribution is 0.586. The van der Waals surface area contributed by atoms with Crippen LogP contribution >= 0.6 is 0 Å². The molecule has 0 spiro atoms. The molecule has 1 aliphatic rings. The topological polar surface area (TPSA) is 27.6 Å². The number of nitrogens with zero attached hydrogens (tertiary/aromatic N) is 2. The fraction of sp³-hybridized carbons (Fsp3) is 0.167. The van der Waals surface area contributed by atoms with E-state index in [1.807, 2.05) is 12.1 Å². The summed E-state index contributed by atoms with van der Waals surface area (Å²) in [7, 11) is 0. The average Bonchev–Trinajstić information content (AvgIpc) is 3.30. The number of rotatable bonds is 4. The molecule has 3 nitrogen and oxygen atoms in total. The van der Waals surface area contributed by atoms with Crippen LogP contribution in [0.15, 0.2) is 114 Å². The first kappa shape index (κ1) is 21.0. The molecule has 0 fully saturated rings. The van der Waals surface area contributed by atoms with Crippen molar-refractivity contribution < 1.29 is 0 Å². The predicted octanol–water partition coefficient (Wildman–Crippen LogP) is 7.12. The molecule has 1 atom stereocenters. The van der Waals surface area contributed by atoms with Crippen LogP contribution in [0, 0.1) is 0 Å². The quantitative estimate of drug-likeness (QED) is 0.372. The zero-order valence-electron chi connectivity index (χ0n) is 19.4. The molecule has 1 N–H and O–H groups in total. The number of hydrazone groups is 1. The van der Waals surface area contributed by atoms with Crippen LogP contribution in [0.3, 0.4) is 0 Å². The Hall–Kier alpha value is -3.85. The van der Waals surface area contributed by atoms with Gasteiger partial charge in [0.05, 0.1) is 0 Å². The van der Waals surface area contributed by atoms with Crippen LogP contribution in [0.4, 0.5) is 5.69 Å². The van der Waals surface area contributed by atoms with Crippen LogP contribution in [0.1, 0.15) is 43.6 Å². The zero-order chi connectivity index (χ0) is 22.8. The maximum absolute atomic E-state index is 4.79. The molecule has 0 amide bonds. The predicted molar refractivity (Wildman–Crippen MR) is 138 cm³/mol. The van der Waals surface area contributed by atoms with E-state index in [1.165, 1.54) is 22.3 Å². The Bertz CT molecular complexity index is 1240. The second-order valence-corrected chi connectivity index (χ2v) is 9.49. The van der Waals surface area contributed by atoms with E-state index in [2.05, 4.69) is 128 Å². The van der Waals surface area contributed by atoms with E-state index in [0.29, 0.717) is 0 Å². The van der Waals surface area contributed by atoms with E-state index in [9.17, 15) is 0 Å². The highest BCUT2D eigenvalue weighted by molar-refractivity contribution is 6.11. The van der Waals surface area contributed by atoms with Gasteiger partial charge in [0.15, 0.2) is 5.84 Å². The van der Waals surface area contributed by atoms with E-state index >= 15 is 0 Å². The van der Waals surface area contributed by atoms with Crippen molar-refractivity contribution in [1.29, 1.82) is 0 Å². The summed E-state index contributed by atoms with van der Waals surface area (Å²) in [4.78, 5) is 2.28. The summed E-state index contributed by atoms with van der Waals surface area (Å²) in [5.74, 6) is 0.922. The fourth-order valence-electron chi connectivity index (χ4n) is 4.25. The molecule has 3 heteroatoms. The molecule has 1 aliphatic heterocycles. The average molecular weight is 432 g/mol. The minimum Gasteiger partial charge on any atom is -0.298 e. The van der Waals surface area contributed by atoms with Gasteiger partial charge in [-0.1, -0.05) is 118 Å².